The van der Waals surface area contributed by atoms with Crippen LogP contribution in [0.1, 0.15) is 36.0 Å². The molecule has 0 aromatic heterocycles. The van der Waals surface area contributed by atoms with Crippen molar-refractivity contribution in [1.29, 1.82) is 0 Å². The molecule has 0 heterocycles. The van der Waals surface area contributed by atoms with Crippen LogP contribution in [0.25, 0.3) is 0 Å². The Hall–Kier alpha value is -1.12. The third-order valence-electron chi connectivity index (χ3n) is 3.77. The van der Waals surface area contributed by atoms with E-state index in [4.69, 9.17) is 4.74 Å². The summed E-state index contributed by atoms with van der Waals surface area (Å²) in [5, 5.41) is 0. The van der Waals surface area contributed by atoms with Crippen LogP contribution >= 0.6 is 15.9 Å². The van der Waals surface area contributed by atoms with Crippen molar-refractivity contribution in [3.8, 4) is 5.75 Å². The van der Waals surface area contributed by atoms with Crippen LogP contribution < -0.4 is 4.74 Å². The number of methoxy groups -OCH3 is 1. The first-order valence-corrected chi connectivity index (χ1v) is 6.78. The first-order valence-electron chi connectivity index (χ1n) is 5.99. The second-order valence-electron chi connectivity index (χ2n) is 4.80. The van der Waals surface area contributed by atoms with Gasteiger partial charge in [0.2, 0.25) is 6.08 Å². The predicted molar refractivity (Wildman–Crippen MR) is 73.8 cm³/mol. The number of rotatable bonds is 3. The molecule has 0 unspecified atom stereocenters. The Bertz CT molecular complexity index is 529. The van der Waals surface area contributed by atoms with E-state index in [1.807, 2.05) is 19.9 Å². The highest BCUT2D eigenvalue weighted by Crippen LogP contribution is 2.51. The van der Waals surface area contributed by atoms with Crippen molar-refractivity contribution in [2.75, 3.05) is 7.11 Å². The number of halogens is 1. The fourth-order valence-electron chi connectivity index (χ4n) is 2.69. The highest BCUT2D eigenvalue weighted by atomic mass is 79.9. The van der Waals surface area contributed by atoms with Crippen molar-refractivity contribution in [3.05, 3.63) is 27.2 Å². The van der Waals surface area contributed by atoms with Crippen LogP contribution in [-0.4, -0.2) is 13.2 Å². The maximum Gasteiger partial charge on any atom is 0.235 e. The summed E-state index contributed by atoms with van der Waals surface area (Å²) in [7, 11) is 1.66. The van der Waals surface area contributed by atoms with Gasteiger partial charge in [-0.25, -0.2) is 4.79 Å². The van der Waals surface area contributed by atoms with Gasteiger partial charge < -0.3 is 4.74 Å². The molecule has 0 radical (unpaired) electrons. The van der Waals surface area contributed by atoms with Gasteiger partial charge in [0.15, 0.2) is 0 Å². The molecule has 1 aliphatic carbocycles. The maximum atomic E-state index is 10.7. The number of isocyanates is 1. The van der Waals surface area contributed by atoms with Gasteiger partial charge in [0.1, 0.15) is 11.3 Å². The molecule has 0 N–H and O–H groups in total. The molecule has 0 spiro atoms. The standard InChI is InChI=1S/C14H16BrNO2/c1-9-7-11(15)10(2)12(13(9)18-3)14(16-8-17)5-4-6-14/h7H,4-6H2,1-3H3. The zero-order chi connectivity index (χ0) is 13.3. The summed E-state index contributed by atoms with van der Waals surface area (Å²) in [4.78, 5) is 14.8. The summed E-state index contributed by atoms with van der Waals surface area (Å²) in [6, 6.07) is 2.04. The fourth-order valence-corrected chi connectivity index (χ4v) is 3.23. The second kappa shape index (κ2) is 4.87. The molecule has 0 saturated heterocycles. The van der Waals surface area contributed by atoms with E-state index < -0.39 is 5.54 Å². The van der Waals surface area contributed by atoms with Gasteiger partial charge in [-0.15, -0.1) is 0 Å². The van der Waals surface area contributed by atoms with Crippen LogP contribution in [0.5, 0.6) is 5.75 Å². The van der Waals surface area contributed by atoms with Crippen LogP contribution in [0.3, 0.4) is 0 Å². The molecule has 96 valence electrons. The smallest absolute Gasteiger partial charge is 0.235 e. The zero-order valence-electron chi connectivity index (χ0n) is 10.8. The Morgan fingerprint density at radius 1 is 1.44 bits per heavy atom. The van der Waals surface area contributed by atoms with Gasteiger partial charge in [-0.3, -0.25) is 0 Å². The average Bonchev–Trinajstić information content (AvgIpc) is 2.28. The number of aliphatic imine (C=N–C) groups is 1. The normalized spacial score (nSPS) is 16.7. The third kappa shape index (κ3) is 1.90. The summed E-state index contributed by atoms with van der Waals surface area (Å²) in [6.07, 6.45) is 4.58. The van der Waals surface area contributed by atoms with Gasteiger partial charge in [0, 0.05) is 10.0 Å². The van der Waals surface area contributed by atoms with Crippen LogP contribution in [0.2, 0.25) is 0 Å². The molecule has 0 bridgehead atoms. The van der Waals surface area contributed by atoms with E-state index in [0.717, 1.165) is 46.2 Å². The predicted octanol–water partition coefficient (Wildman–Crippen LogP) is 3.79. The van der Waals surface area contributed by atoms with Crippen LogP contribution in [-0.2, 0) is 10.3 Å². The number of hydrogen-bond donors (Lipinski definition) is 0. The average molecular weight is 310 g/mol. The van der Waals surface area contributed by atoms with Gasteiger partial charge in [-0.2, -0.15) is 4.99 Å². The lowest BCUT2D eigenvalue weighted by Crippen LogP contribution is -2.33. The van der Waals surface area contributed by atoms with Gasteiger partial charge >= 0.3 is 0 Å². The third-order valence-corrected chi connectivity index (χ3v) is 4.60. The number of hydrogen-bond acceptors (Lipinski definition) is 3. The molecule has 0 atom stereocenters. The van der Waals surface area contributed by atoms with E-state index in [-0.39, 0.29) is 0 Å². The molecule has 18 heavy (non-hydrogen) atoms. The molecule has 0 aliphatic heterocycles. The lowest BCUT2D eigenvalue weighted by molar-refractivity contribution is 0.244. The van der Waals surface area contributed by atoms with Crippen LogP contribution in [0.15, 0.2) is 15.5 Å². The summed E-state index contributed by atoms with van der Waals surface area (Å²) in [5.74, 6) is 0.842. The molecular formula is C14H16BrNO2. The van der Waals surface area contributed by atoms with E-state index in [9.17, 15) is 4.79 Å². The fraction of sp³-hybridized carbons (Fsp3) is 0.500. The minimum Gasteiger partial charge on any atom is -0.496 e. The van der Waals surface area contributed by atoms with Crippen molar-refractivity contribution >= 4 is 22.0 Å². The molecule has 1 aromatic carbocycles. The van der Waals surface area contributed by atoms with E-state index in [2.05, 4.69) is 20.9 Å². The molecule has 1 aliphatic rings. The van der Waals surface area contributed by atoms with Gasteiger partial charge in [0.05, 0.1) is 7.11 Å². The first-order chi connectivity index (χ1) is 8.55. The molecule has 0 amide bonds. The lowest BCUT2D eigenvalue weighted by Gasteiger charge is -2.39. The molecular weight excluding hydrogens is 294 g/mol. The van der Waals surface area contributed by atoms with Crippen molar-refractivity contribution in [3.63, 3.8) is 0 Å². The highest BCUT2D eigenvalue weighted by molar-refractivity contribution is 9.10. The summed E-state index contributed by atoms with van der Waals surface area (Å²) < 4.78 is 6.56. The number of nitrogens with zero attached hydrogens (tertiary/aromatic N) is 1. The number of carbonyl (C=O) groups excluding carboxylic acids is 1. The monoisotopic (exact) mass is 309 g/mol. The van der Waals surface area contributed by atoms with Crippen molar-refractivity contribution in [1.82, 2.24) is 0 Å². The molecule has 1 saturated carbocycles. The first kappa shape index (κ1) is 13.3. The van der Waals surface area contributed by atoms with Crippen molar-refractivity contribution in [2.45, 2.75) is 38.6 Å². The van der Waals surface area contributed by atoms with Crippen LogP contribution in [0.4, 0.5) is 0 Å². The molecule has 3 nitrogen and oxygen atoms in total. The molecule has 4 heteroatoms. The minimum absolute atomic E-state index is 0.425. The Morgan fingerprint density at radius 2 is 2.11 bits per heavy atom. The van der Waals surface area contributed by atoms with E-state index >= 15 is 0 Å². The van der Waals surface area contributed by atoms with E-state index in [0.29, 0.717) is 0 Å². The Balaban J connectivity index is 2.72. The maximum absolute atomic E-state index is 10.7. The quantitative estimate of drug-likeness (QED) is 0.629. The number of ether oxygens (including phenoxy) is 1. The minimum atomic E-state index is -0.425. The number of benzene rings is 1. The molecule has 1 aromatic rings. The Morgan fingerprint density at radius 3 is 2.56 bits per heavy atom. The van der Waals surface area contributed by atoms with Crippen molar-refractivity contribution in [2.24, 2.45) is 4.99 Å². The Kier molecular flexibility index (Phi) is 3.60. The highest BCUT2D eigenvalue weighted by Gasteiger charge is 2.43. The molecule has 2 rings (SSSR count). The largest absolute Gasteiger partial charge is 0.496 e. The summed E-state index contributed by atoms with van der Waals surface area (Å²) in [6.45, 7) is 4.03. The number of aryl methyl sites for hydroxylation is 1. The SMILES string of the molecule is COc1c(C)cc(Br)c(C)c1C1(N=C=O)CCC1. The Labute approximate surface area is 115 Å². The van der Waals surface area contributed by atoms with E-state index in [1.165, 1.54) is 0 Å². The van der Waals surface area contributed by atoms with Gasteiger partial charge in [0.25, 0.3) is 0 Å². The lowest BCUT2D eigenvalue weighted by atomic mass is 9.70. The zero-order valence-corrected chi connectivity index (χ0v) is 12.4. The van der Waals surface area contributed by atoms with Gasteiger partial charge in [-0.05, 0) is 50.3 Å². The van der Waals surface area contributed by atoms with Gasteiger partial charge in [-0.1, -0.05) is 15.9 Å². The van der Waals surface area contributed by atoms with E-state index in [1.54, 1.807) is 13.2 Å². The second-order valence-corrected chi connectivity index (χ2v) is 5.65. The molecule has 1 fully saturated rings. The summed E-state index contributed by atoms with van der Waals surface area (Å²) >= 11 is 3.56. The van der Waals surface area contributed by atoms with Crippen molar-refractivity contribution < 1.29 is 9.53 Å². The topological polar surface area (TPSA) is 38.7 Å². The summed E-state index contributed by atoms with van der Waals surface area (Å²) in [5.41, 5.74) is 2.76. The van der Waals surface area contributed by atoms with Crippen LogP contribution in [0, 0.1) is 13.8 Å².